The zero-order valence-electron chi connectivity index (χ0n) is 12.9. The lowest BCUT2D eigenvalue weighted by atomic mass is 10.2. The van der Waals surface area contributed by atoms with Gasteiger partial charge in [0.15, 0.2) is 5.82 Å². The predicted octanol–water partition coefficient (Wildman–Crippen LogP) is 3.17. The number of nitrogens with one attached hydrogen (secondary N) is 1. The number of rotatable bonds is 6. The third-order valence-corrected chi connectivity index (χ3v) is 4.83. The first-order valence-corrected chi connectivity index (χ1v) is 8.98. The minimum absolute atomic E-state index is 0.0717. The summed E-state index contributed by atoms with van der Waals surface area (Å²) in [6.45, 7) is 5.38. The summed E-state index contributed by atoms with van der Waals surface area (Å²) in [7, 11) is -3.76. The molecule has 1 aromatic heterocycles. The van der Waals surface area contributed by atoms with E-state index in [0.717, 1.165) is 6.07 Å². The van der Waals surface area contributed by atoms with Gasteiger partial charge in [-0.15, -0.1) is 0 Å². The maximum Gasteiger partial charge on any atom is 0.244 e. The van der Waals surface area contributed by atoms with E-state index in [-0.39, 0.29) is 22.4 Å². The summed E-state index contributed by atoms with van der Waals surface area (Å²) in [4.78, 5) is 4.14. The molecule has 0 bridgehead atoms. The minimum atomic E-state index is -3.76. The number of hydrogen-bond acceptors (Lipinski definition) is 5. The summed E-state index contributed by atoms with van der Waals surface area (Å²) in [6.07, 6.45) is 0. The van der Waals surface area contributed by atoms with Crippen LogP contribution >= 0.6 is 11.6 Å². The van der Waals surface area contributed by atoms with Crippen LogP contribution in [0, 0.1) is 5.82 Å². The molecule has 0 spiro atoms. The van der Waals surface area contributed by atoms with Gasteiger partial charge in [0.1, 0.15) is 5.82 Å². The molecule has 1 atom stereocenters. The number of halogens is 2. The lowest BCUT2D eigenvalue weighted by molar-refractivity contribution is 0.348. The molecule has 2 rings (SSSR count). The zero-order chi connectivity index (χ0) is 17.2. The van der Waals surface area contributed by atoms with Gasteiger partial charge >= 0.3 is 0 Å². The van der Waals surface area contributed by atoms with E-state index >= 15 is 0 Å². The van der Waals surface area contributed by atoms with Crippen LogP contribution in [0.15, 0.2) is 22.7 Å². The average molecular weight is 362 g/mol. The van der Waals surface area contributed by atoms with Crippen molar-refractivity contribution >= 4 is 21.6 Å². The van der Waals surface area contributed by atoms with Crippen molar-refractivity contribution in [2.24, 2.45) is 0 Å². The molecule has 1 heterocycles. The normalized spacial score (nSPS) is 13.5. The molecular formula is C14H17ClFN3O3S. The Morgan fingerprint density at radius 2 is 2.04 bits per heavy atom. The summed E-state index contributed by atoms with van der Waals surface area (Å²) in [5.74, 6) is -0.255. The van der Waals surface area contributed by atoms with Gasteiger partial charge in [-0.1, -0.05) is 30.6 Å². The van der Waals surface area contributed by atoms with E-state index in [1.54, 1.807) is 6.92 Å². The molecule has 2 aromatic rings. The number of benzene rings is 1. The highest BCUT2D eigenvalue weighted by molar-refractivity contribution is 7.88. The van der Waals surface area contributed by atoms with Crippen molar-refractivity contribution < 1.29 is 17.3 Å². The van der Waals surface area contributed by atoms with Crippen LogP contribution in [0.25, 0.3) is 0 Å². The first kappa shape index (κ1) is 17.8. The summed E-state index contributed by atoms with van der Waals surface area (Å²) in [6, 6.07) is 2.88. The van der Waals surface area contributed by atoms with E-state index in [1.807, 2.05) is 13.8 Å². The summed E-state index contributed by atoms with van der Waals surface area (Å²) >= 11 is 5.89. The molecule has 0 amide bonds. The fourth-order valence-electron chi connectivity index (χ4n) is 1.88. The van der Waals surface area contributed by atoms with Gasteiger partial charge in [-0.2, -0.15) is 4.98 Å². The van der Waals surface area contributed by atoms with Gasteiger partial charge in [-0.05, 0) is 30.7 Å². The first-order valence-electron chi connectivity index (χ1n) is 6.95. The van der Waals surface area contributed by atoms with Crippen molar-refractivity contribution in [1.82, 2.24) is 14.9 Å². The van der Waals surface area contributed by atoms with Crippen LogP contribution in [-0.4, -0.2) is 18.6 Å². The van der Waals surface area contributed by atoms with E-state index in [1.165, 1.54) is 12.1 Å². The van der Waals surface area contributed by atoms with Crippen LogP contribution in [0.4, 0.5) is 4.39 Å². The van der Waals surface area contributed by atoms with Crippen LogP contribution in [0.1, 0.15) is 50.0 Å². The van der Waals surface area contributed by atoms with E-state index in [9.17, 15) is 12.8 Å². The van der Waals surface area contributed by atoms with Gasteiger partial charge in [0.2, 0.25) is 15.9 Å². The molecule has 1 N–H and O–H groups in total. The minimum Gasteiger partial charge on any atom is -0.338 e. The van der Waals surface area contributed by atoms with Crippen LogP contribution in [0.5, 0.6) is 0 Å². The molecule has 9 heteroatoms. The van der Waals surface area contributed by atoms with Crippen LogP contribution in [0.3, 0.4) is 0 Å². The van der Waals surface area contributed by atoms with Crippen molar-refractivity contribution in [2.75, 3.05) is 0 Å². The highest BCUT2D eigenvalue weighted by Gasteiger charge is 2.22. The molecule has 0 unspecified atom stereocenters. The van der Waals surface area contributed by atoms with Gasteiger partial charge in [-0.25, -0.2) is 17.5 Å². The molecule has 126 valence electrons. The van der Waals surface area contributed by atoms with Crippen molar-refractivity contribution in [1.29, 1.82) is 0 Å². The topological polar surface area (TPSA) is 85.1 Å². The Hall–Kier alpha value is -1.51. The van der Waals surface area contributed by atoms with Crippen LogP contribution in [0.2, 0.25) is 5.02 Å². The second-order valence-electron chi connectivity index (χ2n) is 5.48. The molecular weight excluding hydrogens is 345 g/mol. The van der Waals surface area contributed by atoms with Gasteiger partial charge < -0.3 is 4.52 Å². The number of nitrogens with zero attached hydrogens (tertiary/aromatic N) is 2. The predicted molar refractivity (Wildman–Crippen MR) is 84.0 cm³/mol. The molecule has 0 fully saturated rings. The monoisotopic (exact) mass is 361 g/mol. The van der Waals surface area contributed by atoms with Crippen LogP contribution < -0.4 is 4.72 Å². The van der Waals surface area contributed by atoms with Crippen molar-refractivity contribution in [2.45, 2.75) is 38.5 Å². The Kier molecular flexibility index (Phi) is 5.38. The highest BCUT2D eigenvalue weighted by Crippen LogP contribution is 2.21. The fraction of sp³-hybridized carbons (Fsp3) is 0.429. The second kappa shape index (κ2) is 6.94. The van der Waals surface area contributed by atoms with Crippen molar-refractivity contribution in [3.05, 3.63) is 46.3 Å². The lowest BCUT2D eigenvalue weighted by Gasteiger charge is -2.11. The Bertz CT molecular complexity index is 792. The molecule has 0 aliphatic carbocycles. The lowest BCUT2D eigenvalue weighted by Crippen LogP contribution is -2.28. The standard InChI is InChI=1S/C14H17ClFN3O3S/c1-8(2)13-17-14(22-18-13)9(3)19-23(20,21)7-10-6-11(16)4-5-12(10)15/h4-6,8-9,19H,7H2,1-3H3/t9-/m0/s1. The van der Waals surface area contributed by atoms with Crippen molar-refractivity contribution in [3.63, 3.8) is 0 Å². The third-order valence-electron chi connectivity index (χ3n) is 3.05. The largest absolute Gasteiger partial charge is 0.338 e. The molecule has 0 aliphatic rings. The van der Waals surface area contributed by atoms with E-state index in [4.69, 9.17) is 16.1 Å². The molecule has 0 radical (unpaired) electrons. The molecule has 6 nitrogen and oxygen atoms in total. The summed E-state index contributed by atoms with van der Waals surface area (Å²) < 4.78 is 45.1. The molecule has 0 aliphatic heterocycles. The smallest absolute Gasteiger partial charge is 0.244 e. The third kappa shape index (κ3) is 4.73. The fourth-order valence-corrected chi connectivity index (χ4v) is 3.51. The van der Waals surface area contributed by atoms with Crippen molar-refractivity contribution in [3.8, 4) is 0 Å². The highest BCUT2D eigenvalue weighted by atomic mass is 35.5. The maximum atomic E-state index is 13.2. The van der Waals surface area contributed by atoms with Gasteiger partial charge in [0, 0.05) is 10.9 Å². The zero-order valence-corrected chi connectivity index (χ0v) is 14.4. The van der Waals surface area contributed by atoms with E-state index < -0.39 is 27.6 Å². The Labute approximate surface area is 139 Å². The quantitative estimate of drug-likeness (QED) is 0.854. The first-order chi connectivity index (χ1) is 10.7. The summed E-state index contributed by atoms with van der Waals surface area (Å²) in [5, 5.41) is 3.97. The van der Waals surface area contributed by atoms with E-state index in [2.05, 4.69) is 14.9 Å². The Balaban J connectivity index is 2.12. The SMILES string of the molecule is CC(C)c1noc([C@H](C)NS(=O)(=O)Cc2cc(F)ccc2Cl)n1. The van der Waals surface area contributed by atoms with Gasteiger partial charge in [0.05, 0.1) is 11.8 Å². The molecule has 23 heavy (non-hydrogen) atoms. The maximum absolute atomic E-state index is 13.2. The number of aromatic nitrogens is 2. The number of sulfonamides is 1. The Morgan fingerprint density at radius 3 is 2.65 bits per heavy atom. The van der Waals surface area contributed by atoms with E-state index in [0.29, 0.717) is 5.82 Å². The molecule has 0 saturated carbocycles. The van der Waals surface area contributed by atoms with Gasteiger partial charge in [-0.3, -0.25) is 0 Å². The van der Waals surface area contributed by atoms with Gasteiger partial charge in [0.25, 0.3) is 0 Å². The number of hydrogen-bond donors (Lipinski definition) is 1. The molecule has 1 aromatic carbocycles. The Morgan fingerprint density at radius 1 is 1.35 bits per heavy atom. The van der Waals surface area contributed by atoms with Crippen LogP contribution in [-0.2, 0) is 15.8 Å². The second-order valence-corrected chi connectivity index (χ2v) is 7.64. The molecule has 0 saturated heterocycles. The summed E-state index contributed by atoms with van der Waals surface area (Å²) in [5.41, 5.74) is 0.180. The average Bonchev–Trinajstić information content (AvgIpc) is 2.92.